The van der Waals surface area contributed by atoms with Gasteiger partial charge < -0.3 is 20.2 Å². The first-order valence-electron chi connectivity index (χ1n) is 7.35. The minimum Gasteiger partial charge on any atom is -0.481 e. The first kappa shape index (κ1) is 15.1. The second kappa shape index (κ2) is 7.44. The molecule has 2 aliphatic heterocycles. The zero-order valence-corrected chi connectivity index (χ0v) is 11.9. The fourth-order valence-electron chi connectivity index (χ4n) is 2.65. The van der Waals surface area contributed by atoms with E-state index < -0.39 is 5.97 Å². The molecule has 0 aliphatic carbocycles. The van der Waals surface area contributed by atoms with E-state index >= 15 is 0 Å². The normalized spacial score (nSPS) is 21.6. The van der Waals surface area contributed by atoms with Crippen molar-refractivity contribution in [3.05, 3.63) is 0 Å². The topological polar surface area (TPSA) is 76.1 Å². The van der Waals surface area contributed by atoms with Crippen molar-refractivity contribution >= 4 is 12.0 Å². The molecular weight excluding hydrogens is 260 g/mol. The van der Waals surface area contributed by atoms with Gasteiger partial charge in [-0.3, -0.25) is 9.69 Å². The van der Waals surface area contributed by atoms with Crippen molar-refractivity contribution in [1.82, 2.24) is 20.0 Å². The molecule has 2 N–H and O–H groups in total. The summed E-state index contributed by atoms with van der Waals surface area (Å²) in [5.41, 5.74) is 0. The van der Waals surface area contributed by atoms with Crippen LogP contribution in [-0.2, 0) is 4.79 Å². The number of aliphatic carboxylic acids is 1. The summed E-state index contributed by atoms with van der Waals surface area (Å²) in [4.78, 5) is 28.9. The molecule has 0 radical (unpaired) electrons. The van der Waals surface area contributed by atoms with Crippen LogP contribution in [0.1, 0.15) is 12.8 Å². The smallest absolute Gasteiger partial charge is 0.320 e. The number of hydrogen-bond acceptors (Lipinski definition) is 4. The molecule has 2 rings (SSSR count). The van der Waals surface area contributed by atoms with Crippen molar-refractivity contribution < 1.29 is 14.7 Å². The zero-order chi connectivity index (χ0) is 14.4. The Kier molecular flexibility index (Phi) is 5.60. The number of amides is 2. The van der Waals surface area contributed by atoms with Crippen LogP contribution in [0, 0.1) is 0 Å². The Balaban J connectivity index is 1.74. The summed E-state index contributed by atoms with van der Waals surface area (Å²) in [6.07, 6.45) is 1.18. The lowest BCUT2D eigenvalue weighted by atomic mass is 10.3. The monoisotopic (exact) mass is 284 g/mol. The van der Waals surface area contributed by atoms with Gasteiger partial charge in [0.1, 0.15) is 0 Å². The van der Waals surface area contributed by atoms with Gasteiger partial charge in [-0.15, -0.1) is 0 Å². The van der Waals surface area contributed by atoms with Crippen LogP contribution >= 0.6 is 0 Å². The van der Waals surface area contributed by atoms with Crippen LogP contribution in [-0.4, -0.2) is 90.7 Å². The van der Waals surface area contributed by atoms with Gasteiger partial charge in [0, 0.05) is 52.4 Å². The molecule has 0 aromatic carbocycles. The molecule has 20 heavy (non-hydrogen) atoms. The minimum absolute atomic E-state index is 0.131. The van der Waals surface area contributed by atoms with E-state index in [4.69, 9.17) is 5.11 Å². The molecule has 2 amide bonds. The first-order chi connectivity index (χ1) is 9.66. The van der Waals surface area contributed by atoms with Crippen LogP contribution in [0.2, 0.25) is 0 Å². The zero-order valence-electron chi connectivity index (χ0n) is 11.9. The number of carboxylic acid groups (broad SMARTS) is 1. The second-order valence-corrected chi connectivity index (χ2v) is 5.35. The maximum absolute atomic E-state index is 12.4. The van der Waals surface area contributed by atoms with Gasteiger partial charge in [-0.1, -0.05) is 0 Å². The van der Waals surface area contributed by atoms with Gasteiger partial charge in [-0.25, -0.2) is 4.79 Å². The molecule has 0 aromatic rings. The average Bonchev–Trinajstić information content (AvgIpc) is 2.74. The fourth-order valence-corrected chi connectivity index (χ4v) is 2.65. The third kappa shape index (κ3) is 4.35. The van der Waals surface area contributed by atoms with E-state index in [1.807, 2.05) is 9.80 Å². The molecule has 114 valence electrons. The van der Waals surface area contributed by atoms with Crippen LogP contribution in [0.3, 0.4) is 0 Å². The number of piperazine rings is 1. The Morgan fingerprint density at radius 3 is 2.35 bits per heavy atom. The highest BCUT2D eigenvalue weighted by Gasteiger charge is 2.25. The molecule has 0 aromatic heterocycles. The summed E-state index contributed by atoms with van der Waals surface area (Å²) in [6, 6.07) is 0.131. The Morgan fingerprint density at radius 2 is 1.65 bits per heavy atom. The maximum atomic E-state index is 12.4. The fraction of sp³-hybridized carbons (Fsp3) is 0.846. The lowest BCUT2D eigenvalue weighted by molar-refractivity contribution is -0.137. The lowest BCUT2D eigenvalue weighted by Crippen LogP contribution is -2.53. The third-order valence-electron chi connectivity index (χ3n) is 3.90. The van der Waals surface area contributed by atoms with Crippen molar-refractivity contribution in [2.45, 2.75) is 12.8 Å². The van der Waals surface area contributed by atoms with Crippen molar-refractivity contribution in [2.24, 2.45) is 0 Å². The Morgan fingerprint density at radius 1 is 0.950 bits per heavy atom. The molecule has 2 heterocycles. The van der Waals surface area contributed by atoms with Gasteiger partial charge in [0.05, 0.1) is 6.42 Å². The molecule has 2 saturated heterocycles. The van der Waals surface area contributed by atoms with Crippen LogP contribution in [0.15, 0.2) is 0 Å². The predicted octanol–water partition coefficient (Wildman–Crippen LogP) is -0.506. The number of nitrogens with zero attached hydrogens (tertiary/aromatic N) is 3. The summed E-state index contributed by atoms with van der Waals surface area (Å²) >= 11 is 0. The molecule has 0 atom stereocenters. The number of urea groups is 1. The molecule has 2 fully saturated rings. The highest BCUT2D eigenvalue weighted by molar-refractivity contribution is 5.74. The molecule has 7 nitrogen and oxygen atoms in total. The number of carbonyl (C=O) groups is 2. The van der Waals surface area contributed by atoms with E-state index in [0.29, 0.717) is 19.6 Å². The van der Waals surface area contributed by atoms with Crippen LogP contribution in [0.5, 0.6) is 0 Å². The van der Waals surface area contributed by atoms with Gasteiger partial charge in [-0.05, 0) is 13.0 Å². The largest absolute Gasteiger partial charge is 0.481 e. The van der Waals surface area contributed by atoms with Gasteiger partial charge in [0.25, 0.3) is 0 Å². The van der Waals surface area contributed by atoms with E-state index in [9.17, 15) is 9.59 Å². The molecular formula is C13H24N4O3. The highest BCUT2D eigenvalue weighted by Crippen LogP contribution is 2.07. The summed E-state index contributed by atoms with van der Waals surface area (Å²) in [6.45, 7) is 6.95. The van der Waals surface area contributed by atoms with Gasteiger partial charge in [-0.2, -0.15) is 0 Å². The number of nitrogens with one attached hydrogen (secondary N) is 1. The molecule has 0 unspecified atom stereocenters. The third-order valence-corrected chi connectivity index (χ3v) is 3.90. The quantitative estimate of drug-likeness (QED) is 0.730. The van der Waals surface area contributed by atoms with Crippen molar-refractivity contribution in [3.63, 3.8) is 0 Å². The average molecular weight is 284 g/mol. The molecule has 0 saturated carbocycles. The molecule has 0 spiro atoms. The standard InChI is InChI=1S/C13H24N4O3/c18-12(19)2-6-15-8-10-17(11-9-15)13(20)16-5-1-3-14-4-7-16/h14H,1-11H2,(H,18,19). The van der Waals surface area contributed by atoms with E-state index in [0.717, 1.165) is 45.7 Å². The Labute approximate surface area is 119 Å². The summed E-state index contributed by atoms with van der Waals surface area (Å²) in [5.74, 6) is -0.763. The van der Waals surface area contributed by atoms with Gasteiger partial charge >= 0.3 is 12.0 Å². The van der Waals surface area contributed by atoms with E-state index in [-0.39, 0.29) is 12.5 Å². The second-order valence-electron chi connectivity index (χ2n) is 5.35. The maximum Gasteiger partial charge on any atom is 0.320 e. The van der Waals surface area contributed by atoms with E-state index in [2.05, 4.69) is 10.2 Å². The van der Waals surface area contributed by atoms with Crippen molar-refractivity contribution in [3.8, 4) is 0 Å². The highest BCUT2D eigenvalue weighted by atomic mass is 16.4. The number of carboxylic acids is 1. The number of hydrogen-bond donors (Lipinski definition) is 2. The van der Waals surface area contributed by atoms with Crippen molar-refractivity contribution in [2.75, 3.05) is 58.9 Å². The summed E-state index contributed by atoms with van der Waals surface area (Å²) in [7, 11) is 0. The Bertz CT molecular complexity index is 335. The number of carbonyl (C=O) groups excluding carboxylic acids is 1. The minimum atomic E-state index is -0.763. The number of rotatable bonds is 3. The first-order valence-corrected chi connectivity index (χ1v) is 7.35. The van der Waals surface area contributed by atoms with Crippen LogP contribution in [0.25, 0.3) is 0 Å². The summed E-state index contributed by atoms with van der Waals surface area (Å²) < 4.78 is 0. The van der Waals surface area contributed by atoms with Crippen LogP contribution < -0.4 is 5.32 Å². The predicted molar refractivity (Wildman–Crippen MR) is 74.7 cm³/mol. The van der Waals surface area contributed by atoms with Gasteiger partial charge in [0.2, 0.25) is 0 Å². The van der Waals surface area contributed by atoms with E-state index in [1.165, 1.54) is 0 Å². The van der Waals surface area contributed by atoms with Gasteiger partial charge in [0.15, 0.2) is 0 Å². The molecule has 0 bridgehead atoms. The van der Waals surface area contributed by atoms with Crippen molar-refractivity contribution in [1.29, 1.82) is 0 Å². The summed E-state index contributed by atoms with van der Waals surface area (Å²) in [5, 5.41) is 12.0. The van der Waals surface area contributed by atoms with E-state index in [1.54, 1.807) is 0 Å². The molecule has 2 aliphatic rings. The molecule has 7 heteroatoms. The SMILES string of the molecule is O=C(O)CCN1CCN(C(=O)N2CCCNCC2)CC1. The lowest BCUT2D eigenvalue weighted by Gasteiger charge is -2.37. The Hall–Kier alpha value is -1.34. The van der Waals surface area contributed by atoms with Crippen LogP contribution in [0.4, 0.5) is 4.79 Å².